The van der Waals surface area contributed by atoms with E-state index >= 15 is 0 Å². The lowest BCUT2D eigenvalue weighted by Gasteiger charge is -2.31. The van der Waals surface area contributed by atoms with Crippen molar-refractivity contribution < 1.29 is 4.79 Å². The zero-order valence-electron chi connectivity index (χ0n) is 10.7. The van der Waals surface area contributed by atoms with Gasteiger partial charge in [0.15, 0.2) is 0 Å². The van der Waals surface area contributed by atoms with E-state index in [2.05, 4.69) is 26.0 Å². The Labute approximate surface area is 103 Å². The van der Waals surface area contributed by atoms with E-state index in [1.807, 2.05) is 13.1 Å². The molecule has 1 aliphatic rings. The highest BCUT2D eigenvalue weighted by Gasteiger charge is 2.28. The number of likely N-dealkylation sites (N-methyl/N-ethyl adjacent to an activating group) is 1. The van der Waals surface area contributed by atoms with Gasteiger partial charge in [0.05, 0.1) is 0 Å². The molecule has 3 nitrogen and oxygen atoms in total. The number of carbonyl (C=O) groups is 1. The van der Waals surface area contributed by atoms with Crippen molar-refractivity contribution in [2.24, 2.45) is 5.73 Å². The fourth-order valence-corrected chi connectivity index (χ4v) is 2.39. The quantitative estimate of drug-likeness (QED) is 0.847. The first-order valence-electron chi connectivity index (χ1n) is 6.14. The first kappa shape index (κ1) is 12.1. The molecule has 1 aromatic carbocycles. The molecule has 0 saturated carbocycles. The Balaban J connectivity index is 2.50. The second-order valence-corrected chi connectivity index (χ2v) is 5.12. The molecule has 1 aliphatic heterocycles. The van der Waals surface area contributed by atoms with Crippen LogP contribution in [0, 0.1) is 0 Å². The van der Waals surface area contributed by atoms with Crippen LogP contribution in [-0.4, -0.2) is 30.9 Å². The van der Waals surface area contributed by atoms with Crippen LogP contribution in [0.5, 0.6) is 0 Å². The predicted molar refractivity (Wildman–Crippen MR) is 69.3 cm³/mol. The third kappa shape index (κ3) is 2.07. The van der Waals surface area contributed by atoms with Crippen LogP contribution in [0.2, 0.25) is 0 Å². The second-order valence-electron chi connectivity index (χ2n) is 5.12. The number of rotatable bonds is 2. The van der Waals surface area contributed by atoms with Gasteiger partial charge in [-0.15, -0.1) is 0 Å². The number of fused-ring (bicyclic) bond motifs is 1. The largest absolute Gasteiger partial charge is 0.341 e. The average molecular weight is 232 g/mol. The fourth-order valence-electron chi connectivity index (χ4n) is 2.39. The van der Waals surface area contributed by atoms with Crippen LogP contribution < -0.4 is 5.73 Å². The van der Waals surface area contributed by atoms with Gasteiger partial charge in [-0.1, -0.05) is 26.0 Å². The number of nitrogens with two attached hydrogens (primary N) is 1. The number of amides is 1. The van der Waals surface area contributed by atoms with Crippen molar-refractivity contribution >= 4 is 5.91 Å². The van der Waals surface area contributed by atoms with Crippen LogP contribution in [0.15, 0.2) is 18.2 Å². The summed E-state index contributed by atoms with van der Waals surface area (Å²) in [5, 5.41) is 0. The van der Waals surface area contributed by atoms with Crippen molar-refractivity contribution in [1.82, 2.24) is 4.90 Å². The summed E-state index contributed by atoms with van der Waals surface area (Å²) < 4.78 is 0. The predicted octanol–water partition coefficient (Wildman–Crippen LogP) is 1.94. The standard InChI is InChI=1S/C14H20N2O/c1-9(2)10-4-5-12-11(7-15)8-16(3)14(17)13(12)6-10/h4-6,9,11H,7-8,15H2,1-3H3. The molecule has 0 saturated heterocycles. The van der Waals surface area contributed by atoms with Crippen molar-refractivity contribution in [3.8, 4) is 0 Å². The van der Waals surface area contributed by atoms with Gasteiger partial charge in [0.2, 0.25) is 0 Å². The van der Waals surface area contributed by atoms with Gasteiger partial charge in [0.25, 0.3) is 5.91 Å². The molecule has 0 spiro atoms. The molecule has 1 amide bonds. The lowest BCUT2D eigenvalue weighted by molar-refractivity contribution is 0.0766. The topological polar surface area (TPSA) is 46.3 Å². The SMILES string of the molecule is CC(C)c1ccc2c(c1)C(=O)N(C)CC2CN. The molecule has 2 rings (SSSR count). The third-order valence-corrected chi connectivity index (χ3v) is 3.54. The maximum Gasteiger partial charge on any atom is 0.253 e. The molecule has 0 radical (unpaired) electrons. The Kier molecular flexibility index (Phi) is 3.20. The molecule has 1 heterocycles. The van der Waals surface area contributed by atoms with Crippen LogP contribution in [0.25, 0.3) is 0 Å². The Morgan fingerprint density at radius 1 is 1.47 bits per heavy atom. The fraction of sp³-hybridized carbons (Fsp3) is 0.500. The highest BCUT2D eigenvalue weighted by molar-refractivity contribution is 5.97. The van der Waals surface area contributed by atoms with Gasteiger partial charge in [-0.2, -0.15) is 0 Å². The van der Waals surface area contributed by atoms with Gasteiger partial charge in [-0.3, -0.25) is 4.79 Å². The molecular formula is C14H20N2O. The van der Waals surface area contributed by atoms with E-state index < -0.39 is 0 Å². The molecule has 0 bridgehead atoms. The number of hydrogen-bond acceptors (Lipinski definition) is 2. The van der Waals surface area contributed by atoms with Gasteiger partial charge in [0, 0.05) is 31.6 Å². The summed E-state index contributed by atoms with van der Waals surface area (Å²) >= 11 is 0. The highest BCUT2D eigenvalue weighted by atomic mass is 16.2. The molecule has 17 heavy (non-hydrogen) atoms. The van der Waals surface area contributed by atoms with Crippen LogP contribution in [-0.2, 0) is 0 Å². The summed E-state index contributed by atoms with van der Waals surface area (Å²) in [5.41, 5.74) is 8.94. The monoisotopic (exact) mass is 232 g/mol. The molecule has 0 aromatic heterocycles. The van der Waals surface area contributed by atoms with Gasteiger partial charge in [0.1, 0.15) is 0 Å². The Morgan fingerprint density at radius 2 is 2.18 bits per heavy atom. The van der Waals surface area contributed by atoms with Crippen molar-refractivity contribution in [3.05, 3.63) is 34.9 Å². The van der Waals surface area contributed by atoms with Crippen molar-refractivity contribution in [3.63, 3.8) is 0 Å². The first-order valence-corrected chi connectivity index (χ1v) is 6.14. The lowest BCUT2D eigenvalue weighted by atomic mass is 9.87. The molecule has 2 N–H and O–H groups in total. The zero-order valence-corrected chi connectivity index (χ0v) is 10.7. The summed E-state index contributed by atoms with van der Waals surface area (Å²) in [4.78, 5) is 13.9. The minimum absolute atomic E-state index is 0.118. The summed E-state index contributed by atoms with van der Waals surface area (Å²) in [7, 11) is 1.84. The Hall–Kier alpha value is -1.35. The van der Waals surface area contributed by atoms with E-state index in [9.17, 15) is 4.79 Å². The zero-order chi connectivity index (χ0) is 12.6. The van der Waals surface area contributed by atoms with Crippen LogP contribution >= 0.6 is 0 Å². The summed E-state index contributed by atoms with van der Waals surface area (Å²) in [6.07, 6.45) is 0. The molecule has 0 aliphatic carbocycles. The maximum atomic E-state index is 12.1. The number of carbonyl (C=O) groups excluding carboxylic acids is 1. The van der Waals surface area contributed by atoms with E-state index in [-0.39, 0.29) is 11.8 Å². The molecule has 1 atom stereocenters. The molecule has 3 heteroatoms. The van der Waals surface area contributed by atoms with Crippen molar-refractivity contribution in [2.45, 2.75) is 25.7 Å². The van der Waals surface area contributed by atoms with E-state index in [1.54, 1.807) is 4.90 Å². The Bertz CT molecular complexity index is 440. The highest BCUT2D eigenvalue weighted by Crippen LogP contribution is 2.29. The van der Waals surface area contributed by atoms with Crippen LogP contribution in [0.4, 0.5) is 0 Å². The molecular weight excluding hydrogens is 212 g/mol. The van der Waals surface area contributed by atoms with Crippen molar-refractivity contribution in [2.75, 3.05) is 20.1 Å². The maximum absolute atomic E-state index is 12.1. The lowest BCUT2D eigenvalue weighted by Crippen LogP contribution is -2.39. The molecule has 92 valence electrons. The van der Waals surface area contributed by atoms with E-state index in [1.165, 1.54) is 5.56 Å². The number of hydrogen-bond donors (Lipinski definition) is 1. The number of benzene rings is 1. The normalized spacial score (nSPS) is 19.7. The molecule has 1 aromatic rings. The van der Waals surface area contributed by atoms with E-state index in [0.717, 1.165) is 17.7 Å². The van der Waals surface area contributed by atoms with E-state index in [0.29, 0.717) is 12.5 Å². The smallest absolute Gasteiger partial charge is 0.253 e. The van der Waals surface area contributed by atoms with E-state index in [4.69, 9.17) is 5.73 Å². The Morgan fingerprint density at radius 3 is 2.76 bits per heavy atom. The first-order chi connectivity index (χ1) is 8.04. The van der Waals surface area contributed by atoms with Gasteiger partial charge >= 0.3 is 0 Å². The second kappa shape index (κ2) is 4.49. The summed E-state index contributed by atoms with van der Waals surface area (Å²) in [5.74, 6) is 0.831. The van der Waals surface area contributed by atoms with Gasteiger partial charge in [-0.05, 0) is 23.1 Å². The number of nitrogens with zero attached hydrogens (tertiary/aromatic N) is 1. The van der Waals surface area contributed by atoms with Crippen LogP contribution in [0.1, 0.15) is 47.2 Å². The van der Waals surface area contributed by atoms with Crippen LogP contribution in [0.3, 0.4) is 0 Å². The summed E-state index contributed by atoms with van der Waals surface area (Å²) in [6.45, 7) is 5.59. The van der Waals surface area contributed by atoms with Crippen molar-refractivity contribution in [1.29, 1.82) is 0 Å². The molecule has 0 fully saturated rings. The van der Waals surface area contributed by atoms with Gasteiger partial charge in [-0.25, -0.2) is 0 Å². The third-order valence-electron chi connectivity index (χ3n) is 3.54. The molecule has 1 unspecified atom stereocenters. The average Bonchev–Trinajstić information content (AvgIpc) is 2.33. The minimum atomic E-state index is 0.118. The minimum Gasteiger partial charge on any atom is -0.341 e. The van der Waals surface area contributed by atoms with Gasteiger partial charge < -0.3 is 10.6 Å². The summed E-state index contributed by atoms with van der Waals surface area (Å²) in [6, 6.07) is 6.22.